The maximum absolute atomic E-state index is 10.8. The summed E-state index contributed by atoms with van der Waals surface area (Å²) in [6.07, 6.45) is 2.53. The fourth-order valence-electron chi connectivity index (χ4n) is 2.10. The van der Waals surface area contributed by atoms with Crippen molar-refractivity contribution in [2.45, 2.75) is 12.5 Å². The first kappa shape index (κ1) is 16.9. The molecule has 118 valence electrons. The Bertz CT molecular complexity index is 753. The lowest BCUT2D eigenvalue weighted by molar-refractivity contribution is 0.169. The van der Waals surface area contributed by atoms with Crippen LogP contribution in [0.1, 0.15) is 18.1 Å². The number of aliphatic hydroxyl groups is 1. The predicted octanol–water partition coefficient (Wildman–Crippen LogP) is 1.62. The number of benzene rings is 1. The molecule has 8 heteroatoms. The third-order valence-corrected chi connectivity index (χ3v) is 3.87. The minimum atomic E-state index is -3.76. The Balaban J connectivity index is 2.21. The van der Waals surface area contributed by atoms with E-state index in [0.717, 1.165) is 11.1 Å². The molecular formula is C14H16ClN3O3S. The molecule has 0 amide bonds. The Morgan fingerprint density at radius 2 is 2.05 bits per heavy atom. The summed E-state index contributed by atoms with van der Waals surface area (Å²) in [7, 11) is -3.76. The lowest BCUT2D eigenvalue weighted by Gasteiger charge is -2.16. The number of aromatic nitrogens is 1. The number of halogens is 1. The summed E-state index contributed by atoms with van der Waals surface area (Å²) in [5.74, 6) is 0. The second-order valence-electron chi connectivity index (χ2n) is 4.72. The van der Waals surface area contributed by atoms with E-state index in [0.29, 0.717) is 10.6 Å². The zero-order valence-corrected chi connectivity index (χ0v) is 13.2. The zero-order chi connectivity index (χ0) is 16.2. The van der Waals surface area contributed by atoms with Crippen LogP contribution in [0.4, 0.5) is 0 Å². The maximum atomic E-state index is 10.8. The first-order valence-corrected chi connectivity index (χ1v) is 8.44. The van der Waals surface area contributed by atoms with E-state index >= 15 is 0 Å². The summed E-state index contributed by atoms with van der Waals surface area (Å²) in [4.78, 5) is 4.03. The predicted molar refractivity (Wildman–Crippen MR) is 85.4 cm³/mol. The van der Waals surface area contributed by atoms with Crippen LogP contribution in [0.25, 0.3) is 11.1 Å². The van der Waals surface area contributed by atoms with E-state index in [1.165, 1.54) is 6.20 Å². The van der Waals surface area contributed by atoms with Crippen molar-refractivity contribution in [2.24, 2.45) is 5.14 Å². The van der Waals surface area contributed by atoms with Crippen LogP contribution in [0.15, 0.2) is 42.7 Å². The van der Waals surface area contributed by atoms with Crippen molar-refractivity contribution in [1.82, 2.24) is 9.71 Å². The molecule has 0 aliphatic rings. The molecule has 0 aliphatic carbocycles. The molecule has 0 radical (unpaired) electrons. The quantitative estimate of drug-likeness (QED) is 0.742. The first-order valence-electron chi connectivity index (χ1n) is 6.52. The molecule has 1 aromatic heterocycles. The highest BCUT2D eigenvalue weighted by Gasteiger charge is 2.14. The van der Waals surface area contributed by atoms with Crippen LogP contribution in [-0.2, 0) is 10.2 Å². The molecule has 22 heavy (non-hydrogen) atoms. The van der Waals surface area contributed by atoms with Crippen LogP contribution in [-0.4, -0.2) is 25.1 Å². The molecule has 1 unspecified atom stereocenters. The fraction of sp³-hybridized carbons (Fsp3) is 0.214. The van der Waals surface area contributed by atoms with E-state index in [-0.39, 0.29) is 13.0 Å². The Morgan fingerprint density at radius 1 is 1.32 bits per heavy atom. The minimum Gasteiger partial charge on any atom is -0.388 e. The van der Waals surface area contributed by atoms with Crippen molar-refractivity contribution in [2.75, 3.05) is 6.54 Å². The molecule has 2 rings (SSSR count). The van der Waals surface area contributed by atoms with Gasteiger partial charge in [-0.25, -0.2) is 9.86 Å². The average Bonchev–Trinajstić information content (AvgIpc) is 2.46. The highest BCUT2D eigenvalue weighted by atomic mass is 35.5. The molecule has 0 aliphatic heterocycles. The van der Waals surface area contributed by atoms with Crippen LogP contribution < -0.4 is 9.86 Å². The highest BCUT2D eigenvalue weighted by Crippen LogP contribution is 2.30. The Morgan fingerprint density at radius 3 is 2.73 bits per heavy atom. The second-order valence-corrected chi connectivity index (χ2v) is 6.54. The lowest BCUT2D eigenvalue weighted by atomic mass is 9.96. The molecule has 4 N–H and O–H groups in total. The van der Waals surface area contributed by atoms with Crippen LogP contribution in [0.2, 0.25) is 5.02 Å². The Hall–Kier alpha value is -1.51. The number of nitrogens with zero attached hydrogens (tertiary/aromatic N) is 1. The second kappa shape index (κ2) is 7.17. The third kappa shape index (κ3) is 4.75. The van der Waals surface area contributed by atoms with Crippen molar-refractivity contribution in [3.63, 3.8) is 0 Å². The van der Waals surface area contributed by atoms with Crippen molar-refractivity contribution >= 4 is 21.8 Å². The molecule has 0 saturated carbocycles. The van der Waals surface area contributed by atoms with Gasteiger partial charge in [0.05, 0.1) is 11.1 Å². The largest absolute Gasteiger partial charge is 0.388 e. The van der Waals surface area contributed by atoms with Gasteiger partial charge >= 0.3 is 0 Å². The van der Waals surface area contributed by atoms with Crippen molar-refractivity contribution in [3.8, 4) is 11.1 Å². The van der Waals surface area contributed by atoms with E-state index in [9.17, 15) is 13.5 Å². The van der Waals surface area contributed by atoms with Gasteiger partial charge in [-0.1, -0.05) is 35.9 Å². The molecule has 0 saturated heterocycles. The van der Waals surface area contributed by atoms with E-state index in [1.807, 2.05) is 12.1 Å². The number of pyridine rings is 1. The van der Waals surface area contributed by atoms with E-state index in [4.69, 9.17) is 16.7 Å². The normalized spacial score (nSPS) is 13.0. The SMILES string of the molecule is NS(=O)(=O)NCCC(O)c1ccccc1-c1cncc(Cl)c1. The first-order chi connectivity index (χ1) is 10.4. The van der Waals surface area contributed by atoms with Gasteiger partial charge in [-0.05, 0) is 23.6 Å². The maximum Gasteiger partial charge on any atom is 0.274 e. The number of nitrogens with one attached hydrogen (secondary N) is 1. The zero-order valence-electron chi connectivity index (χ0n) is 11.6. The van der Waals surface area contributed by atoms with Crippen LogP contribution in [0, 0.1) is 0 Å². The van der Waals surface area contributed by atoms with Gasteiger partial charge in [-0.2, -0.15) is 8.42 Å². The highest BCUT2D eigenvalue weighted by molar-refractivity contribution is 7.87. The van der Waals surface area contributed by atoms with Gasteiger partial charge in [-0.3, -0.25) is 4.98 Å². The number of hydrogen-bond acceptors (Lipinski definition) is 4. The van der Waals surface area contributed by atoms with Crippen LogP contribution in [0.5, 0.6) is 0 Å². The molecule has 1 atom stereocenters. The van der Waals surface area contributed by atoms with Gasteiger partial charge in [0.15, 0.2) is 0 Å². The molecule has 0 spiro atoms. The number of hydrogen-bond donors (Lipinski definition) is 3. The summed E-state index contributed by atoms with van der Waals surface area (Å²) in [5, 5.41) is 15.7. The summed E-state index contributed by atoms with van der Waals surface area (Å²) in [5.41, 5.74) is 2.24. The van der Waals surface area contributed by atoms with E-state index in [1.54, 1.807) is 24.4 Å². The smallest absolute Gasteiger partial charge is 0.274 e. The summed E-state index contributed by atoms with van der Waals surface area (Å²) in [6.45, 7) is 0.0438. The third-order valence-electron chi connectivity index (χ3n) is 3.06. The van der Waals surface area contributed by atoms with Gasteiger partial charge in [-0.15, -0.1) is 0 Å². The fourth-order valence-corrected chi connectivity index (χ4v) is 2.68. The molecule has 1 aromatic carbocycles. The standard InChI is InChI=1S/C14H16ClN3O3S/c15-11-7-10(8-17-9-11)12-3-1-2-4-13(12)14(19)5-6-18-22(16,20)21/h1-4,7-9,14,18-19H,5-6H2,(H2,16,20,21). The molecule has 6 nitrogen and oxygen atoms in total. The monoisotopic (exact) mass is 341 g/mol. The number of aliphatic hydroxyl groups excluding tert-OH is 1. The Labute approximate surface area is 134 Å². The lowest BCUT2D eigenvalue weighted by Crippen LogP contribution is -2.32. The minimum absolute atomic E-state index is 0.0438. The topological polar surface area (TPSA) is 105 Å². The van der Waals surface area contributed by atoms with Crippen molar-refractivity contribution in [1.29, 1.82) is 0 Å². The van der Waals surface area contributed by atoms with Gasteiger partial charge in [0.25, 0.3) is 10.2 Å². The van der Waals surface area contributed by atoms with Crippen LogP contribution >= 0.6 is 11.6 Å². The molecular weight excluding hydrogens is 326 g/mol. The summed E-state index contributed by atoms with van der Waals surface area (Å²) >= 11 is 5.94. The van der Waals surface area contributed by atoms with Crippen molar-refractivity contribution in [3.05, 3.63) is 53.3 Å². The summed E-state index contributed by atoms with van der Waals surface area (Å²) in [6, 6.07) is 9.02. The number of rotatable bonds is 6. The van der Waals surface area contributed by atoms with E-state index in [2.05, 4.69) is 9.71 Å². The van der Waals surface area contributed by atoms with Crippen molar-refractivity contribution < 1.29 is 13.5 Å². The van der Waals surface area contributed by atoms with Gasteiger partial charge in [0.1, 0.15) is 0 Å². The average molecular weight is 342 g/mol. The van der Waals surface area contributed by atoms with E-state index < -0.39 is 16.3 Å². The molecule has 1 heterocycles. The summed E-state index contributed by atoms with van der Waals surface area (Å²) < 4.78 is 23.8. The van der Waals surface area contributed by atoms with Gasteiger partial charge in [0, 0.05) is 24.5 Å². The van der Waals surface area contributed by atoms with Gasteiger partial charge in [0.2, 0.25) is 0 Å². The molecule has 2 aromatic rings. The molecule has 0 bridgehead atoms. The molecule has 0 fully saturated rings. The van der Waals surface area contributed by atoms with Crippen LogP contribution in [0.3, 0.4) is 0 Å². The number of nitrogens with two attached hydrogens (primary N) is 1. The Kier molecular flexibility index (Phi) is 5.49. The van der Waals surface area contributed by atoms with Gasteiger partial charge < -0.3 is 5.11 Å².